The number of furan rings is 1. The van der Waals surface area contributed by atoms with Gasteiger partial charge in [0.05, 0.1) is 45.7 Å². The molecule has 0 aliphatic rings. The zero-order valence-electron chi connectivity index (χ0n) is 16.7. The van der Waals surface area contributed by atoms with Crippen LogP contribution >= 0.6 is 0 Å². The third-order valence-corrected chi connectivity index (χ3v) is 4.73. The van der Waals surface area contributed by atoms with Crippen molar-refractivity contribution in [3.05, 3.63) is 60.6 Å². The quantitative estimate of drug-likeness (QED) is 0.429. The lowest BCUT2D eigenvalue weighted by molar-refractivity contribution is 0.112. The maximum atomic E-state index is 12.0. The van der Waals surface area contributed by atoms with Crippen LogP contribution in [0.15, 0.2) is 59.5 Å². The van der Waals surface area contributed by atoms with E-state index in [0.717, 1.165) is 11.8 Å². The number of rotatable bonds is 7. The van der Waals surface area contributed by atoms with E-state index in [4.69, 9.17) is 18.6 Å². The Hall–Kier alpha value is -4.07. The van der Waals surface area contributed by atoms with Crippen molar-refractivity contribution in [3.63, 3.8) is 0 Å². The molecule has 0 unspecified atom stereocenters. The fourth-order valence-corrected chi connectivity index (χ4v) is 3.41. The van der Waals surface area contributed by atoms with Crippen LogP contribution in [-0.2, 0) is 0 Å². The van der Waals surface area contributed by atoms with E-state index >= 15 is 0 Å². The zero-order valence-corrected chi connectivity index (χ0v) is 16.7. The summed E-state index contributed by atoms with van der Waals surface area (Å²) in [5.74, 6) is 1.84. The third kappa shape index (κ3) is 3.18. The number of hydrogen-bond acceptors (Lipinski definition) is 7. The predicted octanol–water partition coefficient (Wildman–Crippen LogP) is 4.03. The Morgan fingerprint density at radius 3 is 2.47 bits per heavy atom. The number of ether oxygens (including phenoxy) is 3. The average molecular weight is 405 g/mol. The summed E-state index contributed by atoms with van der Waals surface area (Å²) in [4.78, 5) is 12.0. The highest BCUT2D eigenvalue weighted by atomic mass is 16.5. The molecule has 0 aliphatic heterocycles. The van der Waals surface area contributed by atoms with Crippen molar-refractivity contribution in [3.8, 4) is 45.4 Å². The SMILES string of the molecule is COc1cc(C=O)c(-c2cc(-c3ccco3)ccc2-n2ccnn2)c(OC)c1OC. The minimum Gasteiger partial charge on any atom is -0.493 e. The van der Waals surface area contributed by atoms with Gasteiger partial charge in [0, 0.05) is 22.3 Å². The molecule has 30 heavy (non-hydrogen) atoms. The van der Waals surface area contributed by atoms with Gasteiger partial charge in [-0.25, -0.2) is 4.68 Å². The Balaban J connectivity index is 2.08. The first-order valence-corrected chi connectivity index (χ1v) is 9.05. The molecule has 8 nitrogen and oxygen atoms in total. The number of aromatic nitrogens is 3. The van der Waals surface area contributed by atoms with Gasteiger partial charge in [0.1, 0.15) is 5.76 Å². The maximum absolute atomic E-state index is 12.0. The van der Waals surface area contributed by atoms with Crippen molar-refractivity contribution < 1.29 is 23.4 Å². The van der Waals surface area contributed by atoms with E-state index in [1.54, 1.807) is 29.4 Å². The highest BCUT2D eigenvalue weighted by molar-refractivity contribution is 5.96. The molecule has 0 saturated heterocycles. The second-order valence-electron chi connectivity index (χ2n) is 6.28. The molecule has 4 rings (SSSR count). The van der Waals surface area contributed by atoms with Crippen LogP contribution in [0, 0.1) is 0 Å². The van der Waals surface area contributed by atoms with Crippen molar-refractivity contribution in [1.82, 2.24) is 15.0 Å². The normalized spacial score (nSPS) is 10.6. The molecule has 0 N–H and O–H groups in total. The van der Waals surface area contributed by atoms with Gasteiger partial charge in [-0.1, -0.05) is 5.21 Å². The molecule has 2 aromatic carbocycles. The zero-order chi connectivity index (χ0) is 21.1. The van der Waals surface area contributed by atoms with Gasteiger partial charge >= 0.3 is 0 Å². The highest BCUT2D eigenvalue weighted by Crippen LogP contribution is 2.48. The molecule has 2 aromatic heterocycles. The molecule has 0 saturated carbocycles. The first kappa shape index (κ1) is 19.3. The lowest BCUT2D eigenvalue weighted by Gasteiger charge is -2.20. The number of benzene rings is 2. The second-order valence-corrected chi connectivity index (χ2v) is 6.28. The van der Waals surface area contributed by atoms with Gasteiger partial charge in [-0.15, -0.1) is 5.10 Å². The summed E-state index contributed by atoms with van der Waals surface area (Å²) in [6.45, 7) is 0. The molecule has 2 heterocycles. The fourth-order valence-electron chi connectivity index (χ4n) is 3.41. The maximum Gasteiger partial charge on any atom is 0.203 e. The topological polar surface area (TPSA) is 88.6 Å². The van der Waals surface area contributed by atoms with Gasteiger partial charge in [-0.2, -0.15) is 0 Å². The molecule has 0 atom stereocenters. The van der Waals surface area contributed by atoms with Crippen LogP contribution in [-0.4, -0.2) is 42.6 Å². The molecule has 0 bridgehead atoms. The molecule has 4 aromatic rings. The van der Waals surface area contributed by atoms with E-state index in [9.17, 15) is 4.79 Å². The molecule has 0 radical (unpaired) electrons. The Kier molecular flexibility index (Phi) is 5.21. The number of carbonyl (C=O) groups is 1. The standard InChI is InChI=1S/C22H19N3O5/c1-27-19-12-15(13-26)20(22(29-3)21(19)28-2)16-11-14(18-5-4-10-30-18)6-7-17(16)25-9-8-23-24-25/h4-13H,1-3H3. The molecule has 152 valence electrons. The summed E-state index contributed by atoms with van der Waals surface area (Å²) in [6.07, 6.45) is 5.66. The first-order valence-electron chi connectivity index (χ1n) is 9.05. The van der Waals surface area contributed by atoms with Gasteiger partial charge < -0.3 is 18.6 Å². The predicted molar refractivity (Wildman–Crippen MR) is 110 cm³/mol. The first-order chi connectivity index (χ1) is 14.7. The molecular weight excluding hydrogens is 386 g/mol. The van der Waals surface area contributed by atoms with Gasteiger partial charge in [0.15, 0.2) is 17.8 Å². The van der Waals surface area contributed by atoms with Gasteiger partial charge in [-0.3, -0.25) is 4.79 Å². The van der Waals surface area contributed by atoms with Crippen molar-refractivity contribution in [2.45, 2.75) is 0 Å². The van der Waals surface area contributed by atoms with Crippen molar-refractivity contribution in [1.29, 1.82) is 0 Å². The monoisotopic (exact) mass is 405 g/mol. The van der Waals surface area contributed by atoms with E-state index in [1.807, 2.05) is 30.3 Å². The molecule has 8 heteroatoms. The summed E-state index contributed by atoms with van der Waals surface area (Å²) in [5, 5.41) is 8.01. The number of carbonyl (C=O) groups excluding carboxylic acids is 1. The number of hydrogen-bond donors (Lipinski definition) is 0. The Labute approximate surface area is 172 Å². The molecule has 0 spiro atoms. The number of nitrogens with zero attached hydrogens (tertiary/aromatic N) is 3. The minimum atomic E-state index is 0.372. The molecular formula is C22H19N3O5. The van der Waals surface area contributed by atoms with E-state index in [-0.39, 0.29) is 0 Å². The van der Waals surface area contributed by atoms with E-state index in [1.165, 1.54) is 21.3 Å². The number of methoxy groups -OCH3 is 3. The Morgan fingerprint density at radius 1 is 1.03 bits per heavy atom. The van der Waals surface area contributed by atoms with Gasteiger partial charge in [-0.05, 0) is 36.4 Å². The van der Waals surface area contributed by atoms with Crippen molar-refractivity contribution >= 4 is 6.29 Å². The second kappa shape index (κ2) is 8.12. The Bertz CT molecular complexity index is 1170. The largest absolute Gasteiger partial charge is 0.493 e. The highest BCUT2D eigenvalue weighted by Gasteiger charge is 2.24. The van der Waals surface area contributed by atoms with Crippen LogP contribution in [0.3, 0.4) is 0 Å². The van der Waals surface area contributed by atoms with Gasteiger partial charge in [0.2, 0.25) is 5.75 Å². The summed E-state index contributed by atoms with van der Waals surface area (Å²) < 4.78 is 23.8. The number of aldehydes is 1. The van der Waals surface area contributed by atoms with E-state index in [2.05, 4.69) is 10.3 Å². The van der Waals surface area contributed by atoms with Crippen LogP contribution in [0.25, 0.3) is 28.1 Å². The Morgan fingerprint density at radius 2 is 1.87 bits per heavy atom. The lowest BCUT2D eigenvalue weighted by atomic mass is 9.94. The average Bonchev–Trinajstić information content (AvgIpc) is 3.51. The minimum absolute atomic E-state index is 0.372. The van der Waals surface area contributed by atoms with Crippen LogP contribution in [0.4, 0.5) is 0 Å². The van der Waals surface area contributed by atoms with Crippen LogP contribution in [0.1, 0.15) is 10.4 Å². The molecule has 0 aliphatic carbocycles. The molecule has 0 fully saturated rings. The van der Waals surface area contributed by atoms with Crippen molar-refractivity contribution in [2.24, 2.45) is 0 Å². The summed E-state index contributed by atoms with van der Waals surface area (Å²) in [5.41, 5.74) is 3.14. The third-order valence-electron chi connectivity index (χ3n) is 4.73. The summed E-state index contributed by atoms with van der Waals surface area (Å²) in [7, 11) is 4.53. The molecule has 0 amide bonds. The van der Waals surface area contributed by atoms with Crippen LogP contribution in [0.2, 0.25) is 0 Å². The van der Waals surface area contributed by atoms with Gasteiger partial charge in [0.25, 0.3) is 0 Å². The summed E-state index contributed by atoms with van der Waals surface area (Å²) >= 11 is 0. The van der Waals surface area contributed by atoms with E-state index in [0.29, 0.717) is 45.4 Å². The van der Waals surface area contributed by atoms with Crippen LogP contribution < -0.4 is 14.2 Å². The summed E-state index contributed by atoms with van der Waals surface area (Å²) in [6, 6.07) is 11.0. The lowest BCUT2D eigenvalue weighted by Crippen LogP contribution is -2.04. The smallest absolute Gasteiger partial charge is 0.203 e. The fraction of sp³-hybridized carbons (Fsp3) is 0.136. The van der Waals surface area contributed by atoms with Crippen LogP contribution in [0.5, 0.6) is 17.2 Å². The van der Waals surface area contributed by atoms with Crippen molar-refractivity contribution in [2.75, 3.05) is 21.3 Å². The van der Waals surface area contributed by atoms with E-state index < -0.39 is 0 Å².